The number of pyridine rings is 1. The predicted octanol–water partition coefficient (Wildman–Crippen LogP) is 2.71. The van der Waals surface area contributed by atoms with Crippen molar-refractivity contribution in [1.29, 1.82) is 0 Å². The number of rotatable bonds is 7. The van der Waals surface area contributed by atoms with Gasteiger partial charge in [-0.1, -0.05) is 31.0 Å². The molecule has 0 N–H and O–H groups in total. The SMILES string of the molecule is CCCCCn1nnc(C(=O)OCC)c1-c1ccccn1. The molecule has 0 unspecified atom stereocenters. The zero-order chi connectivity index (χ0) is 15.1. The van der Waals surface area contributed by atoms with Crippen LogP contribution in [0.3, 0.4) is 0 Å². The number of nitrogens with zero attached hydrogens (tertiary/aromatic N) is 4. The number of hydrogen-bond acceptors (Lipinski definition) is 5. The highest BCUT2D eigenvalue weighted by molar-refractivity contribution is 5.93. The van der Waals surface area contributed by atoms with E-state index in [0.29, 0.717) is 24.5 Å². The molecule has 0 radical (unpaired) electrons. The van der Waals surface area contributed by atoms with E-state index < -0.39 is 5.97 Å². The van der Waals surface area contributed by atoms with Crippen molar-refractivity contribution in [2.75, 3.05) is 6.61 Å². The summed E-state index contributed by atoms with van der Waals surface area (Å²) in [4.78, 5) is 16.3. The molecule has 0 spiro atoms. The molecule has 2 aromatic rings. The molecule has 0 bridgehead atoms. The Bertz CT molecular complexity index is 581. The Balaban J connectivity index is 2.35. The zero-order valence-electron chi connectivity index (χ0n) is 12.5. The molecule has 2 heterocycles. The van der Waals surface area contributed by atoms with E-state index in [2.05, 4.69) is 22.2 Å². The van der Waals surface area contributed by atoms with E-state index in [1.165, 1.54) is 0 Å². The minimum atomic E-state index is -0.458. The van der Waals surface area contributed by atoms with Crippen molar-refractivity contribution in [2.24, 2.45) is 0 Å². The highest BCUT2D eigenvalue weighted by atomic mass is 16.5. The number of carbonyl (C=O) groups is 1. The van der Waals surface area contributed by atoms with Crippen molar-refractivity contribution in [3.05, 3.63) is 30.1 Å². The molecule has 0 fully saturated rings. The third-order valence-corrected chi connectivity index (χ3v) is 3.08. The number of hydrogen-bond donors (Lipinski definition) is 0. The third kappa shape index (κ3) is 3.65. The van der Waals surface area contributed by atoms with Gasteiger partial charge in [-0.2, -0.15) is 0 Å². The zero-order valence-corrected chi connectivity index (χ0v) is 12.5. The minimum Gasteiger partial charge on any atom is -0.461 e. The maximum Gasteiger partial charge on any atom is 0.361 e. The Morgan fingerprint density at radius 3 is 2.81 bits per heavy atom. The first-order valence-electron chi connectivity index (χ1n) is 7.30. The van der Waals surface area contributed by atoms with Crippen LogP contribution in [0.15, 0.2) is 24.4 Å². The average Bonchev–Trinajstić information content (AvgIpc) is 2.93. The molecule has 0 aromatic carbocycles. The van der Waals surface area contributed by atoms with Gasteiger partial charge in [-0.25, -0.2) is 9.48 Å². The van der Waals surface area contributed by atoms with Crippen LogP contribution in [0.5, 0.6) is 0 Å². The summed E-state index contributed by atoms with van der Waals surface area (Å²) in [7, 11) is 0. The summed E-state index contributed by atoms with van der Waals surface area (Å²) in [6.07, 6.45) is 4.91. The highest BCUT2D eigenvalue weighted by Gasteiger charge is 2.22. The maximum absolute atomic E-state index is 12.0. The van der Waals surface area contributed by atoms with Crippen LogP contribution >= 0.6 is 0 Å². The summed E-state index contributed by atoms with van der Waals surface area (Å²) < 4.78 is 6.79. The van der Waals surface area contributed by atoms with Crippen LogP contribution in [-0.4, -0.2) is 32.6 Å². The number of carbonyl (C=O) groups excluding carboxylic acids is 1. The van der Waals surface area contributed by atoms with Crippen molar-refractivity contribution in [1.82, 2.24) is 20.0 Å². The van der Waals surface area contributed by atoms with Gasteiger partial charge in [-0.15, -0.1) is 5.10 Å². The van der Waals surface area contributed by atoms with E-state index >= 15 is 0 Å². The smallest absolute Gasteiger partial charge is 0.361 e. The second-order valence-electron chi connectivity index (χ2n) is 4.65. The number of esters is 1. The molecule has 2 rings (SSSR count). The number of aryl methyl sites for hydroxylation is 1. The van der Waals surface area contributed by atoms with E-state index in [1.54, 1.807) is 17.8 Å². The minimum absolute atomic E-state index is 0.229. The van der Waals surface area contributed by atoms with Crippen LogP contribution in [-0.2, 0) is 11.3 Å². The van der Waals surface area contributed by atoms with Crippen LogP contribution in [0.25, 0.3) is 11.4 Å². The van der Waals surface area contributed by atoms with Gasteiger partial charge in [-0.3, -0.25) is 4.98 Å². The van der Waals surface area contributed by atoms with Crippen LogP contribution in [0.1, 0.15) is 43.6 Å². The van der Waals surface area contributed by atoms with Gasteiger partial charge in [0.1, 0.15) is 5.69 Å². The molecule has 6 heteroatoms. The average molecular weight is 288 g/mol. The lowest BCUT2D eigenvalue weighted by atomic mass is 10.2. The van der Waals surface area contributed by atoms with E-state index in [4.69, 9.17) is 4.74 Å². The molecule has 0 aliphatic heterocycles. The number of unbranched alkanes of at least 4 members (excludes halogenated alkanes) is 2. The molecule has 0 aliphatic rings. The quantitative estimate of drug-likeness (QED) is 0.578. The summed E-state index contributed by atoms with van der Waals surface area (Å²) in [6, 6.07) is 5.55. The first-order valence-corrected chi connectivity index (χ1v) is 7.30. The van der Waals surface area contributed by atoms with E-state index in [0.717, 1.165) is 19.3 Å². The summed E-state index contributed by atoms with van der Waals surface area (Å²) in [5, 5.41) is 8.08. The standard InChI is InChI=1S/C15H20N4O2/c1-3-5-8-11-19-14(12-9-6-7-10-16-12)13(17-18-19)15(20)21-4-2/h6-7,9-10H,3-5,8,11H2,1-2H3. The van der Waals surface area contributed by atoms with Crippen LogP contribution in [0.4, 0.5) is 0 Å². The van der Waals surface area contributed by atoms with Gasteiger partial charge < -0.3 is 4.74 Å². The van der Waals surface area contributed by atoms with E-state index in [1.807, 2.05) is 18.2 Å². The second-order valence-corrected chi connectivity index (χ2v) is 4.65. The fourth-order valence-corrected chi connectivity index (χ4v) is 2.07. The summed E-state index contributed by atoms with van der Waals surface area (Å²) >= 11 is 0. The first-order chi connectivity index (χ1) is 10.3. The van der Waals surface area contributed by atoms with Gasteiger partial charge in [0.05, 0.1) is 12.3 Å². The normalized spacial score (nSPS) is 10.6. The van der Waals surface area contributed by atoms with Crippen molar-refractivity contribution < 1.29 is 9.53 Å². The molecule has 2 aromatic heterocycles. The number of aromatic nitrogens is 4. The molecule has 0 amide bonds. The van der Waals surface area contributed by atoms with Crippen LogP contribution in [0, 0.1) is 0 Å². The largest absolute Gasteiger partial charge is 0.461 e. The Morgan fingerprint density at radius 2 is 2.14 bits per heavy atom. The van der Waals surface area contributed by atoms with Crippen molar-refractivity contribution in [3.63, 3.8) is 0 Å². The van der Waals surface area contributed by atoms with Crippen molar-refractivity contribution in [3.8, 4) is 11.4 Å². The van der Waals surface area contributed by atoms with Gasteiger partial charge in [0.15, 0.2) is 5.69 Å². The molecular formula is C15H20N4O2. The lowest BCUT2D eigenvalue weighted by Crippen LogP contribution is -2.09. The number of ether oxygens (including phenoxy) is 1. The Kier molecular flexibility index (Phi) is 5.43. The van der Waals surface area contributed by atoms with Crippen molar-refractivity contribution in [2.45, 2.75) is 39.7 Å². The highest BCUT2D eigenvalue weighted by Crippen LogP contribution is 2.21. The summed E-state index contributed by atoms with van der Waals surface area (Å²) in [5.74, 6) is -0.458. The third-order valence-electron chi connectivity index (χ3n) is 3.08. The van der Waals surface area contributed by atoms with Crippen LogP contribution in [0.2, 0.25) is 0 Å². The predicted molar refractivity (Wildman–Crippen MR) is 78.7 cm³/mol. The summed E-state index contributed by atoms with van der Waals surface area (Å²) in [6.45, 7) is 4.93. The molecule has 0 saturated carbocycles. The van der Waals surface area contributed by atoms with Crippen molar-refractivity contribution >= 4 is 5.97 Å². The topological polar surface area (TPSA) is 69.9 Å². The molecule has 0 aliphatic carbocycles. The second kappa shape index (κ2) is 7.52. The monoisotopic (exact) mass is 288 g/mol. The maximum atomic E-state index is 12.0. The molecular weight excluding hydrogens is 268 g/mol. The Morgan fingerprint density at radius 1 is 1.29 bits per heavy atom. The molecule has 0 atom stereocenters. The Hall–Kier alpha value is -2.24. The van der Waals surface area contributed by atoms with Gasteiger partial charge in [0.25, 0.3) is 0 Å². The Labute approximate surface area is 124 Å². The fraction of sp³-hybridized carbons (Fsp3) is 0.467. The van der Waals surface area contributed by atoms with Gasteiger partial charge in [0, 0.05) is 12.7 Å². The van der Waals surface area contributed by atoms with Gasteiger partial charge in [-0.05, 0) is 25.5 Å². The summed E-state index contributed by atoms with van der Waals surface area (Å²) in [5.41, 5.74) is 1.54. The molecule has 21 heavy (non-hydrogen) atoms. The van der Waals surface area contributed by atoms with E-state index in [9.17, 15) is 4.79 Å². The molecule has 0 saturated heterocycles. The lowest BCUT2D eigenvalue weighted by molar-refractivity contribution is 0.0520. The molecule has 6 nitrogen and oxygen atoms in total. The van der Waals surface area contributed by atoms with Crippen LogP contribution < -0.4 is 0 Å². The molecule has 112 valence electrons. The first kappa shape index (κ1) is 15.2. The lowest BCUT2D eigenvalue weighted by Gasteiger charge is -2.07. The van der Waals surface area contributed by atoms with Gasteiger partial charge >= 0.3 is 5.97 Å². The van der Waals surface area contributed by atoms with E-state index in [-0.39, 0.29) is 5.69 Å². The van der Waals surface area contributed by atoms with Gasteiger partial charge in [0.2, 0.25) is 0 Å². The fourth-order valence-electron chi connectivity index (χ4n) is 2.07.